The number of nitrogen functional groups attached to an aromatic ring is 4. The quantitative estimate of drug-likeness (QED) is 0.126. The van der Waals surface area contributed by atoms with E-state index >= 15 is 0 Å². The van der Waals surface area contributed by atoms with Gasteiger partial charge in [0.1, 0.15) is 0 Å². The minimum atomic E-state index is 0.149. The number of anilines is 6. The van der Waals surface area contributed by atoms with Crippen molar-refractivity contribution in [1.29, 1.82) is 0 Å². The lowest BCUT2D eigenvalue weighted by Gasteiger charge is -2.34. The van der Waals surface area contributed by atoms with Crippen LogP contribution in [0.4, 0.5) is 34.1 Å². The van der Waals surface area contributed by atoms with Gasteiger partial charge in [-0.05, 0) is 143 Å². The van der Waals surface area contributed by atoms with Crippen molar-refractivity contribution in [1.82, 2.24) is 0 Å². The van der Waals surface area contributed by atoms with E-state index in [0.29, 0.717) is 24.2 Å². The number of nitrogens with zero attached hydrogens (tertiary/aromatic N) is 2. The van der Waals surface area contributed by atoms with Gasteiger partial charge in [-0.25, -0.2) is 0 Å². The van der Waals surface area contributed by atoms with Crippen molar-refractivity contribution in [2.24, 2.45) is 0 Å². The van der Waals surface area contributed by atoms with E-state index in [1.54, 1.807) is 0 Å². The second-order valence-electron chi connectivity index (χ2n) is 18.3. The molecule has 0 radical (unpaired) electrons. The molecule has 0 aliphatic carbocycles. The van der Waals surface area contributed by atoms with Crippen molar-refractivity contribution in [2.75, 3.05) is 32.7 Å². The van der Waals surface area contributed by atoms with Crippen LogP contribution in [0.3, 0.4) is 0 Å². The summed E-state index contributed by atoms with van der Waals surface area (Å²) in [4.78, 5) is 5.15. The molecule has 6 nitrogen and oxygen atoms in total. The van der Waals surface area contributed by atoms with Crippen LogP contribution < -0.4 is 32.7 Å². The van der Waals surface area contributed by atoms with Crippen molar-refractivity contribution in [3.05, 3.63) is 179 Å². The molecule has 300 valence electrons. The Bertz CT molecular complexity index is 1960. The van der Waals surface area contributed by atoms with Gasteiger partial charge in [0, 0.05) is 34.1 Å². The van der Waals surface area contributed by atoms with Gasteiger partial charge in [-0.3, -0.25) is 0 Å². The number of nitrogens with two attached hydrogens (primary N) is 4. The molecule has 2 fully saturated rings. The Labute approximate surface area is 346 Å². The minimum absolute atomic E-state index is 0.149. The first-order chi connectivity index (χ1) is 27.7. The summed E-state index contributed by atoms with van der Waals surface area (Å²) in [7, 11) is 0. The maximum Gasteiger partial charge on any atom is 0.0549 e. The summed E-state index contributed by atoms with van der Waals surface area (Å²) in [5.41, 5.74) is 37.8. The molecule has 0 bridgehead atoms. The van der Waals surface area contributed by atoms with Crippen molar-refractivity contribution in [3.8, 4) is 0 Å². The maximum absolute atomic E-state index is 5.94. The topological polar surface area (TPSA) is 111 Å². The zero-order valence-corrected chi connectivity index (χ0v) is 35.2. The summed E-state index contributed by atoms with van der Waals surface area (Å²) in [6.07, 6.45) is 4.44. The lowest BCUT2D eigenvalue weighted by atomic mass is 9.87. The van der Waals surface area contributed by atoms with Gasteiger partial charge in [0.25, 0.3) is 0 Å². The molecule has 2 heterocycles. The second-order valence-corrected chi connectivity index (χ2v) is 18.3. The van der Waals surface area contributed by atoms with E-state index in [1.165, 1.54) is 44.8 Å². The molecule has 8 N–H and O–H groups in total. The third kappa shape index (κ3) is 8.97. The van der Waals surface area contributed by atoms with Crippen LogP contribution in [0.1, 0.15) is 125 Å². The summed E-state index contributed by atoms with van der Waals surface area (Å²) >= 11 is 0. The van der Waals surface area contributed by atoms with E-state index in [1.807, 2.05) is 48.5 Å². The zero-order valence-electron chi connectivity index (χ0n) is 35.2. The van der Waals surface area contributed by atoms with E-state index in [2.05, 4.69) is 148 Å². The van der Waals surface area contributed by atoms with Crippen molar-refractivity contribution in [2.45, 2.75) is 102 Å². The van der Waals surface area contributed by atoms with Gasteiger partial charge in [0.2, 0.25) is 0 Å². The first-order valence-electron chi connectivity index (χ1n) is 20.9. The standard InChI is InChI=1S/2C26H31N3/c2*1-26(2,3)20-8-14-23(15-9-20)29-24(18-4-10-21(27)11-5-18)16-17-25(29)19-6-12-22(28)13-7-19/h2*4-15,24-25H,16-17,27-28H2,1-3H3/t2*24-,25-/m00/s1. The van der Waals surface area contributed by atoms with Gasteiger partial charge >= 0.3 is 0 Å². The fourth-order valence-corrected chi connectivity index (χ4v) is 8.79. The number of hydrogen-bond acceptors (Lipinski definition) is 6. The van der Waals surface area contributed by atoms with Crippen molar-refractivity contribution >= 4 is 34.1 Å². The maximum atomic E-state index is 5.94. The van der Waals surface area contributed by atoms with Gasteiger partial charge in [-0.2, -0.15) is 0 Å². The highest BCUT2D eigenvalue weighted by molar-refractivity contribution is 5.58. The van der Waals surface area contributed by atoms with E-state index in [-0.39, 0.29) is 10.8 Å². The summed E-state index contributed by atoms with van der Waals surface area (Å²) in [6, 6.07) is 52.9. The normalized spacial score (nSPS) is 19.5. The van der Waals surface area contributed by atoms with Crippen LogP contribution in [0.25, 0.3) is 0 Å². The minimum Gasteiger partial charge on any atom is -0.399 e. The van der Waals surface area contributed by atoms with Crippen LogP contribution in [-0.2, 0) is 10.8 Å². The zero-order chi connectivity index (χ0) is 41.2. The third-order valence-electron chi connectivity index (χ3n) is 12.1. The highest BCUT2D eigenvalue weighted by Crippen LogP contribution is 2.49. The van der Waals surface area contributed by atoms with E-state index in [9.17, 15) is 0 Å². The predicted octanol–water partition coefficient (Wildman–Crippen LogP) is 12.5. The SMILES string of the molecule is CC(C)(C)c1ccc(N2[C@H](c3ccc(N)cc3)CC[C@H]2c2ccc(N)cc2)cc1.CC(C)(C)c1ccc(N2[C@H](c3ccc(N)cc3)CC[C@H]2c2ccc(N)cc2)cc1. The Morgan fingerprint density at radius 2 is 0.534 bits per heavy atom. The number of hydrogen-bond donors (Lipinski definition) is 4. The smallest absolute Gasteiger partial charge is 0.0549 e. The van der Waals surface area contributed by atoms with Crippen LogP contribution in [0.2, 0.25) is 0 Å². The lowest BCUT2D eigenvalue weighted by molar-refractivity contribution is 0.589. The highest BCUT2D eigenvalue weighted by atomic mass is 15.2. The Balaban J connectivity index is 0.000000177. The van der Waals surface area contributed by atoms with E-state index in [4.69, 9.17) is 22.9 Å². The summed E-state index contributed by atoms with van der Waals surface area (Å²) < 4.78 is 0. The van der Waals surface area contributed by atoms with Crippen LogP contribution in [-0.4, -0.2) is 0 Å². The average molecular weight is 771 g/mol. The van der Waals surface area contributed by atoms with Gasteiger partial charge in [0.15, 0.2) is 0 Å². The molecule has 0 unspecified atom stereocenters. The highest BCUT2D eigenvalue weighted by Gasteiger charge is 2.37. The molecule has 0 spiro atoms. The lowest BCUT2D eigenvalue weighted by Crippen LogP contribution is -2.26. The summed E-state index contributed by atoms with van der Waals surface area (Å²) in [5, 5.41) is 0. The number of rotatable bonds is 6. The van der Waals surface area contributed by atoms with Gasteiger partial charge in [0.05, 0.1) is 24.2 Å². The van der Waals surface area contributed by atoms with Gasteiger partial charge in [-0.15, -0.1) is 0 Å². The Hall–Kier alpha value is -5.88. The van der Waals surface area contributed by atoms with Crippen molar-refractivity contribution in [3.63, 3.8) is 0 Å². The summed E-state index contributed by atoms with van der Waals surface area (Å²) in [6.45, 7) is 13.5. The van der Waals surface area contributed by atoms with Crippen LogP contribution in [0.15, 0.2) is 146 Å². The first kappa shape index (κ1) is 40.3. The molecule has 2 saturated heterocycles. The van der Waals surface area contributed by atoms with Crippen LogP contribution in [0, 0.1) is 0 Å². The summed E-state index contributed by atoms with van der Waals surface area (Å²) in [5.74, 6) is 0. The largest absolute Gasteiger partial charge is 0.399 e. The van der Waals surface area contributed by atoms with Gasteiger partial charge in [-0.1, -0.05) is 114 Å². The molecule has 58 heavy (non-hydrogen) atoms. The molecule has 0 saturated carbocycles. The molecule has 6 aromatic rings. The Morgan fingerprint density at radius 3 is 0.724 bits per heavy atom. The average Bonchev–Trinajstić information content (AvgIpc) is 3.85. The molecular weight excluding hydrogens is 709 g/mol. The number of benzene rings is 6. The van der Waals surface area contributed by atoms with Crippen LogP contribution >= 0.6 is 0 Å². The fraction of sp³-hybridized carbons (Fsp3) is 0.308. The predicted molar refractivity (Wildman–Crippen MR) is 248 cm³/mol. The molecule has 0 amide bonds. The molecule has 4 atom stereocenters. The van der Waals surface area contributed by atoms with Crippen molar-refractivity contribution < 1.29 is 0 Å². The van der Waals surface area contributed by atoms with Gasteiger partial charge < -0.3 is 32.7 Å². The van der Waals surface area contributed by atoms with E-state index in [0.717, 1.165) is 48.4 Å². The van der Waals surface area contributed by atoms with E-state index < -0.39 is 0 Å². The molecule has 6 heteroatoms. The van der Waals surface area contributed by atoms with Crippen LogP contribution in [0.5, 0.6) is 0 Å². The molecular formula is C52H62N6. The monoisotopic (exact) mass is 771 g/mol. The molecule has 0 aromatic heterocycles. The molecule has 2 aliphatic rings. The third-order valence-corrected chi connectivity index (χ3v) is 12.1. The molecule has 2 aliphatic heterocycles. The Morgan fingerprint density at radius 1 is 0.328 bits per heavy atom. The first-order valence-corrected chi connectivity index (χ1v) is 20.9. The fourth-order valence-electron chi connectivity index (χ4n) is 8.79. The molecule has 8 rings (SSSR count). The second kappa shape index (κ2) is 16.5. The molecule has 6 aromatic carbocycles. The Kier molecular flexibility index (Phi) is 11.5.